The molecular weight excluding hydrogens is 309 g/mol. The number of carbonyl (C=O) groups is 1. The van der Waals surface area contributed by atoms with Crippen molar-refractivity contribution < 1.29 is 9.90 Å². The van der Waals surface area contributed by atoms with E-state index in [1.807, 2.05) is 24.3 Å². The molecule has 2 aromatic rings. The van der Waals surface area contributed by atoms with Gasteiger partial charge in [0.25, 0.3) is 5.91 Å². The highest BCUT2D eigenvalue weighted by atomic mass is 35.5. The highest BCUT2D eigenvalue weighted by molar-refractivity contribution is 6.39. The smallest absolute Gasteiger partial charge is 0.254 e. The molecule has 2 aromatic carbocycles. The highest BCUT2D eigenvalue weighted by Gasteiger charge is 2.32. The largest absolute Gasteiger partial charge is 0.390 e. The first-order valence-corrected chi connectivity index (χ1v) is 7.34. The van der Waals surface area contributed by atoms with E-state index >= 15 is 0 Å². The van der Waals surface area contributed by atoms with Crippen LogP contribution in [0.4, 0.5) is 0 Å². The molecule has 1 aliphatic carbocycles. The van der Waals surface area contributed by atoms with Crippen molar-refractivity contribution in [1.29, 1.82) is 0 Å². The second kappa shape index (κ2) is 5.68. The van der Waals surface area contributed by atoms with Crippen molar-refractivity contribution >= 4 is 29.1 Å². The standard InChI is InChI=1S/C16H13Cl2NO2/c17-11-6-3-7-12(18)14(11)16(21)19-15-10-5-2-1-4-9(10)8-13(15)20/h1-7,13,15,20H,8H2,(H,19,21)/t13-,15+/m1/s1. The van der Waals surface area contributed by atoms with Gasteiger partial charge in [-0.15, -0.1) is 0 Å². The number of amides is 1. The minimum absolute atomic E-state index is 0.234. The third-order valence-electron chi connectivity index (χ3n) is 3.68. The van der Waals surface area contributed by atoms with Gasteiger partial charge in [0.1, 0.15) is 0 Å². The van der Waals surface area contributed by atoms with Crippen LogP contribution in [0.25, 0.3) is 0 Å². The van der Waals surface area contributed by atoms with Crippen LogP contribution in [0.15, 0.2) is 42.5 Å². The summed E-state index contributed by atoms with van der Waals surface area (Å²) in [4.78, 5) is 12.4. The monoisotopic (exact) mass is 321 g/mol. The van der Waals surface area contributed by atoms with Crippen LogP contribution in [-0.4, -0.2) is 17.1 Å². The minimum Gasteiger partial charge on any atom is -0.390 e. The number of nitrogens with one attached hydrogen (secondary N) is 1. The van der Waals surface area contributed by atoms with Crippen molar-refractivity contribution in [3.63, 3.8) is 0 Å². The van der Waals surface area contributed by atoms with Gasteiger partial charge in [0.05, 0.1) is 27.8 Å². The van der Waals surface area contributed by atoms with Crippen molar-refractivity contribution in [1.82, 2.24) is 5.32 Å². The zero-order valence-corrected chi connectivity index (χ0v) is 12.5. The molecule has 3 nitrogen and oxygen atoms in total. The van der Waals surface area contributed by atoms with E-state index in [2.05, 4.69) is 5.32 Å². The van der Waals surface area contributed by atoms with Crippen LogP contribution in [0.1, 0.15) is 27.5 Å². The first-order valence-electron chi connectivity index (χ1n) is 6.58. The number of hydrogen-bond donors (Lipinski definition) is 2. The average Bonchev–Trinajstić information content (AvgIpc) is 2.75. The third-order valence-corrected chi connectivity index (χ3v) is 4.31. The van der Waals surface area contributed by atoms with E-state index in [-0.39, 0.29) is 11.5 Å². The SMILES string of the molecule is O=C(N[C@H]1c2ccccc2C[C@H]1O)c1c(Cl)cccc1Cl. The Balaban J connectivity index is 1.89. The first-order chi connectivity index (χ1) is 10.1. The Morgan fingerprint density at radius 2 is 1.76 bits per heavy atom. The normalized spacial score (nSPS) is 20.1. The lowest BCUT2D eigenvalue weighted by Crippen LogP contribution is -2.34. The summed E-state index contributed by atoms with van der Waals surface area (Å²) in [6.45, 7) is 0. The molecule has 3 rings (SSSR count). The van der Waals surface area contributed by atoms with Crippen LogP contribution in [0.2, 0.25) is 10.0 Å². The number of benzene rings is 2. The molecule has 0 aliphatic heterocycles. The summed E-state index contributed by atoms with van der Waals surface area (Å²) in [5, 5.41) is 13.6. The van der Waals surface area contributed by atoms with Gasteiger partial charge in [-0.3, -0.25) is 4.79 Å². The number of carbonyl (C=O) groups excluding carboxylic acids is 1. The van der Waals surface area contributed by atoms with Crippen molar-refractivity contribution in [2.45, 2.75) is 18.6 Å². The molecule has 0 aromatic heterocycles. The lowest BCUT2D eigenvalue weighted by molar-refractivity contribution is 0.0858. The first kappa shape index (κ1) is 14.4. The second-order valence-corrected chi connectivity index (χ2v) is 5.83. The van der Waals surface area contributed by atoms with E-state index in [1.54, 1.807) is 18.2 Å². The highest BCUT2D eigenvalue weighted by Crippen LogP contribution is 2.32. The van der Waals surface area contributed by atoms with E-state index in [9.17, 15) is 9.90 Å². The minimum atomic E-state index is -0.646. The summed E-state index contributed by atoms with van der Waals surface area (Å²) in [6, 6.07) is 12.1. The van der Waals surface area contributed by atoms with Crippen LogP contribution >= 0.6 is 23.2 Å². The van der Waals surface area contributed by atoms with Crippen LogP contribution in [-0.2, 0) is 6.42 Å². The quantitative estimate of drug-likeness (QED) is 0.890. The van der Waals surface area contributed by atoms with Gasteiger partial charge >= 0.3 is 0 Å². The van der Waals surface area contributed by atoms with Crippen LogP contribution in [0.5, 0.6) is 0 Å². The fourth-order valence-electron chi connectivity index (χ4n) is 2.68. The van der Waals surface area contributed by atoms with Gasteiger partial charge in [0.15, 0.2) is 0 Å². The molecule has 0 fully saturated rings. The van der Waals surface area contributed by atoms with Crippen LogP contribution in [0, 0.1) is 0 Å². The molecule has 1 aliphatic rings. The van der Waals surface area contributed by atoms with Crippen molar-refractivity contribution in [2.24, 2.45) is 0 Å². The maximum atomic E-state index is 12.4. The Hall–Kier alpha value is -1.55. The zero-order valence-electron chi connectivity index (χ0n) is 11.0. The predicted octanol–water partition coefficient (Wildman–Crippen LogP) is 3.38. The Kier molecular flexibility index (Phi) is 3.89. The van der Waals surface area contributed by atoms with Crippen molar-refractivity contribution in [2.75, 3.05) is 0 Å². The van der Waals surface area contributed by atoms with Crippen LogP contribution < -0.4 is 5.32 Å². The molecule has 0 radical (unpaired) electrons. The molecule has 0 spiro atoms. The number of halogens is 2. The van der Waals surface area contributed by atoms with E-state index in [0.29, 0.717) is 16.5 Å². The molecule has 2 N–H and O–H groups in total. The summed E-state index contributed by atoms with van der Waals surface area (Å²) < 4.78 is 0. The van der Waals surface area contributed by atoms with Crippen LogP contribution in [0.3, 0.4) is 0 Å². The molecule has 0 heterocycles. The van der Waals surface area contributed by atoms with E-state index in [0.717, 1.165) is 11.1 Å². The molecular formula is C16H13Cl2NO2. The van der Waals surface area contributed by atoms with Crippen molar-refractivity contribution in [3.8, 4) is 0 Å². The van der Waals surface area contributed by atoms with Gasteiger partial charge in [-0.2, -0.15) is 0 Å². The summed E-state index contributed by atoms with van der Waals surface area (Å²) in [6.07, 6.45) is -0.121. The summed E-state index contributed by atoms with van der Waals surface area (Å²) >= 11 is 12.1. The molecule has 108 valence electrons. The molecule has 1 amide bonds. The molecule has 0 unspecified atom stereocenters. The van der Waals surface area contributed by atoms with Gasteiger partial charge in [0.2, 0.25) is 0 Å². The van der Waals surface area contributed by atoms with Crippen molar-refractivity contribution in [3.05, 3.63) is 69.2 Å². The fourth-order valence-corrected chi connectivity index (χ4v) is 3.25. The summed E-state index contributed by atoms with van der Waals surface area (Å²) in [5.41, 5.74) is 2.21. The van der Waals surface area contributed by atoms with Gasteiger partial charge in [-0.05, 0) is 23.3 Å². The maximum absolute atomic E-state index is 12.4. The number of fused-ring (bicyclic) bond motifs is 1. The Labute approximate surface area is 132 Å². The predicted molar refractivity (Wildman–Crippen MR) is 82.8 cm³/mol. The van der Waals surface area contributed by atoms with Gasteiger partial charge in [0, 0.05) is 6.42 Å². The van der Waals surface area contributed by atoms with E-state index in [4.69, 9.17) is 23.2 Å². The maximum Gasteiger partial charge on any atom is 0.254 e. The van der Waals surface area contributed by atoms with Gasteiger partial charge in [-0.1, -0.05) is 53.5 Å². The molecule has 0 saturated heterocycles. The molecule has 0 saturated carbocycles. The fraction of sp³-hybridized carbons (Fsp3) is 0.188. The van der Waals surface area contributed by atoms with Gasteiger partial charge in [-0.25, -0.2) is 0 Å². The molecule has 21 heavy (non-hydrogen) atoms. The lowest BCUT2D eigenvalue weighted by atomic mass is 10.1. The average molecular weight is 322 g/mol. The topological polar surface area (TPSA) is 49.3 Å². The Morgan fingerprint density at radius 1 is 1.10 bits per heavy atom. The molecule has 0 bridgehead atoms. The number of aliphatic hydroxyl groups is 1. The number of rotatable bonds is 2. The van der Waals surface area contributed by atoms with Gasteiger partial charge < -0.3 is 10.4 Å². The zero-order chi connectivity index (χ0) is 15.0. The summed E-state index contributed by atoms with van der Waals surface area (Å²) in [7, 11) is 0. The number of hydrogen-bond acceptors (Lipinski definition) is 2. The second-order valence-electron chi connectivity index (χ2n) is 5.02. The van der Waals surface area contributed by atoms with E-state index < -0.39 is 12.1 Å². The molecule has 2 atom stereocenters. The summed E-state index contributed by atoms with van der Waals surface area (Å²) in [5.74, 6) is -0.383. The molecule has 5 heteroatoms. The Bertz CT molecular complexity index is 682. The lowest BCUT2D eigenvalue weighted by Gasteiger charge is -2.18. The Morgan fingerprint density at radius 3 is 2.48 bits per heavy atom. The number of aliphatic hydroxyl groups excluding tert-OH is 1. The van der Waals surface area contributed by atoms with E-state index in [1.165, 1.54) is 0 Å². The third kappa shape index (κ3) is 2.64.